The number of nitrogens with zero attached hydrogens (tertiary/aromatic N) is 2. The number of ether oxygens (including phenoxy) is 1. The van der Waals surface area contributed by atoms with E-state index < -0.39 is 37.3 Å². The van der Waals surface area contributed by atoms with Crippen molar-refractivity contribution in [2.24, 2.45) is 0 Å². The minimum absolute atomic E-state index is 0.163. The molecule has 11 heteroatoms. The second-order valence-corrected chi connectivity index (χ2v) is 13.3. The van der Waals surface area contributed by atoms with Gasteiger partial charge in [0.2, 0.25) is 10.0 Å². The van der Waals surface area contributed by atoms with Gasteiger partial charge in [-0.05, 0) is 79.9 Å². The van der Waals surface area contributed by atoms with Gasteiger partial charge in [0.1, 0.15) is 17.7 Å². The van der Waals surface area contributed by atoms with Crippen LogP contribution >= 0.6 is 0 Å². The Morgan fingerprint density at radius 3 is 2.30 bits per heavy atom. The third-order valence-electron chi connectivity index (χ3n) is 6.28. The summed E-state index contributed by atoms with van der Waals surface area (Å²) in [6, 6.07) is 17.0. The molecule has 3 aromatic carbocycles. The van der Waals surface area contributed by atoms with E-state index in [-0.39, 0.29) is 10.7 Å². The van der Waals surface area contributed by atoms with Crippen molar-refractivity contribution in [1.82, 2.24) is 14.5 Å². The molecule has 4 aromatic rings. The zero-order chi connectivity index (χ0) is 26.4. The highest BCUT2D eigenvalue weighted by molar-refractivity contribution is 7.90. The zero-order valence-corrected chi connectivity index (χ0v) is 21.8. The molecule has 1 N–H and O–H groups in total. The number of halogens is 1. The van der Waals surface area contributed by atoms with Crippen LogP contribution in [0.3, 0.4) is 0 Å². The van der Waals surface area contributed by atoms with Crippen LogP contribution in [-0.4, -0.2) is 44.2 Å². The molecule has 0 saturated heterocycles. The zero-order valence-electron chi connectivity index (χ0n) is 20.2. The van der Waals surface area contributed by atoms with Crippen LogP contribution in [0.4, 0.5) is 4.39 Å². The van der Waals surface area contributed by atoms with E-state index in [4.69, 9.17) is 4.74 Å². The van der Waals surface area contributed by atoms with Crippen LogP contribution < -0.4 is 9.46 Å². The molecule has 37 heavy (non-hydrogen) atoms. The van der Waals surface area contributed by atoms with Crippen molar-refractivity contribution >= 4 is 30.8 Å². The number of sulfonamides is 1. The van der Waals surface area contributed by atoms with E-state index in [1.165, 1.54) is 24.3 Å². The Labute approximate surface area is 215 Å². The maximum Gasteiger partial charge on any atom is 0.214 e. The van der Waals surface area contributed by atoms with Crippen molar-refractivity contribution in [1.29, 1.82) is 0 Å². The standard InChI is InChI=1S/C26H26FN3O5S2/c1-17(29-37(33,34)24-12-13-24)26(18-3-10-23(11-4-18)36(2,31)32)35-22-9-14-25-19(15-22)16-28-30(25)21-7-5-20(27)6-8-21/h3-11,14-17,24,26,29H,12-13H2,1-2H3/t17-,26?/m0/s1. The van der Waals surface area contributed by atoms with Crippen LogP contribution in [0.1, 0.15) is 31.4 Å². The molecular formula is C26H26FN3O5S2. The lowest BCUT2D eigenvalue weighted by atomic mass is 10.0. The lowest BCUT2D eigenvalue weighted by Gasteiger charge is -2.26. The minimum Gasteiger partial charge on any atom is -0.484 e. The van der Waals surface area contributed by atoms with Gasteiger partial charge < -0.3 is 4.74 Å². The van der Waals surface area contributed by atoms with Gasteiger partial charge in [-0.2, -0.15) is 5.10 Å². The summed E-state index contributed by atoms with van der Waals surface area (Å²) in [5, 5.41) is 4.79. The molecule has 0 amide bonds. The number of rotatable bonds is 9. The van der Waals surface area contributed by atoms with Crippen LogP contribution in [0, 0.1) is 5.82 Å². The van der Waals surface area contributed by atoms with E-state index in [1.54, 1.807) is 54.2 Å². The molecule has 1 heterocycles. The first-order valence-corrected chi connectivity index (χ1v) is 15.2. The quantitative estimate of drug-likeness (QED) is 0.340. The number of fused-ring (bicyclic) bond motifs is 1. The normalized spacial score (nSPS) is 16.0. The molecule has 0 bridgehead atoms. The first-order valence-electron chi connectivity index (χ1n) is 11.7. The monoisotopic (exact) mass is 543 g/mol. The molecular weight excluding hydrogens is 517 g/mol. The highest BCUT2D eigenvalue weighted by Gasteiger charge is 2.38. The smallest absolute Gasteiger partial charge is 0.214 e. The van der Waals surface area contributed by atoms with Crippen LogP contribution in [-0.2, 0) is 19.9 Å². The molecule has 1 aliphatic rings. The molecule has 0 aliphatic heterocycles. The van der Waals surface area contributed by atoms with Gasteiger partial charge in [-0.25, -0.2) is 30.6 Å². The molecule has 1 aromatic heterocycles. The van der Waals surface area contributed by atoms with Crippen LogP contribution in [0.5, 0.6) is 5.75 Å². The topological polar surface area (TPSA) is 107 Å². The molecule has 8 nitrogen and oxygen atoms in total. The Kier molecular flexibility index (Phi) is 6.55. The summed E-state index contributed by atoms with van der Waals surface area (Å²) >= 11 is 0. The lowest BCUT2D eigenvalue weighted by molar-refractivity contribution is 0.173. The number of hydrogen-bond donors (Lipinski definition) is 1. The van der Waals surface area contributed by atoms with Crippen molar-refractivity contribution in [2.75, 3.05) is 6.26 Å². The lowest BCUT2D eigenvalue weighted by Crippen LogP contribution is -2.40. The molecule has 194 valence electrons. The summed E-state index contributed by atoms with van der Waals surface area (Å²) in [5.74, 6) is 0.152. The maximum atomic E-state index is 13.3. The Bertz CT molecular complexity index is 1650. The first-order chi connectivity index (χ1) is 17.5. The summed E-state index contributed by atoms with van der Waals surface area (Å²) < 4.78 is 73.1. The van der Waals surface area contributed by atoms with E-state index in [0.717, 1.165) is 17.2 Å². The fourth-order valence-corrected chi connectivity index (χ4v) is 6.40. The van der Waals surface area contributed by atoms with Crippen molar-refractivity contribution in [2.45, 2.75) is 42.1 Å². The third-order valence-corrected chi connectivity index (χ3v) is 9.46. The summed E-state index contributed by atoms with van der Waals surface area (Å²) in [7, 11) is -6.88. The molecule has 5 rings (SSSR count). The molecule has 0 radical (unpaired) electrons. The maximum absolute atomic E-state index is 13.3. The van der Waals surface area contributed by atoms with Gasteiger partial charge in [0.15, 0.2) is 9.84 Å². The number of hydrogen-bond acceptors (Lipinski definition) is 6. The van der Waals surface area contributed by atoms with Gasteiger partial charge in [-0.1, -0.05) is 12.1 Å². The number of nitrogens with one attached hydrogen (secondary N) is 1. The van der Waals surface area contributed by atoms with Gasteiger partial charge >= 0.3 is 0 Å². The Hall–Kier alpha value is -3.28. The molecule has 2 atom stereocenters. The minimum atomic E-state index is -3.49. The largest absolute Gasteiger partial charge is 0.484 e. The van der Waals surface area contributed by atoms with Gasteiger partial charge in [0, 0.05) is 11.6 Å². The average molecular weight is 544 g/mol. The van der Waals surface area contributed by atoms with Gasteiger partial charge in [0.05, 0.1) is 33.6 Å². The molecule has 0 spiro atoms. The number of benzene rings is 3. The molecule has 1 saturated carbocycles. The summed E-state index contributed by atoms with van der Waals surface area (Å²) in [6.45, 7) is 1.72. The summed E-state index contributed by atoms with van der Waals surface area (Å²) in [4.78, 5) is 0.163. The highest BCUT2D eigenvalue weighted by Crippen LogP contribution is 2.32. The number of aromatic nitrogens is 2. The fraction of sp³-hybridized carbons (Fsp3) is 0.269. The molecule has 1 fully saturated rings. The van der Waals surface area contributed by atoms with E-state index >= 15 is 0 Å². The summed E-state index contributed by atoms with van der Waals surface area (Å²) in [5.41, 5.74) is 2.12. The number of sulfone groups is 1. The molecule has 1 unspecified atom stereocenters. The van der Waals surface area contributed by atoms with Gasteiger partial charge in [-0.3, -0.25) is 0 Å². The second kappa shape index (κ2) is 9.55. The van der Waals surface area contributed by atoms with Crippen molar-refractivity contribution < 1.29 is 26.0 Å². The average Bonchev–Trinajstić information content (AvgIpc) is 3.64. The van der Waals surface area contributed by atoms with E-state index in [0.29, 0.717) is 29.8 Å². The summed E-state index contributed by atoms with van der Waals surface area (Å²) in [6.07, 6.45) is 3.33. The van der Waals surface area contributed by atoms with Crippen molar-refractivity contribution in [3.05, 3.63) is 84.3 Å². The second-order valence-electron chi connectivity index (χ2n) is 9.28. The Balaban J connectivity index is 1.46. The van der Waals surface area contributed by atoms with Gasteiger partial charge in [-0.15, -0.1) is 0 Å². The fourth-order valence-electron chi connectivity index (χ4n) is 4.18. The molecule has 1 aliphatic carbocycles. The predicted octanol–water partition coefficient (Wildman–Crippen LogP) is 4.16. The first kappa shape index (κ1) is 25.4. The SMILES string of the molecule is C[C@H](NS(=O)(=O)C1CC1)C(Oc1ccc2c(cnn2-c2ccc(F)cc2)c1)c1ccc(S(C)(=O)=O)cc1. The van der Waals surface area contributed by atoms with Gasteiger partial charge in [0.25, 0.3) is 0 Å². The van der Waals surface area contributed by atoms with Crippen molar-refractivity contribution in [3.8, 4) is 11.4 Å². The Morgan fingerprint density at radius 1 is 1.00 bits per heavy atom. The van der Waals surface area contributed by atoms with Crippen LogP contribution in [0.15, 0.2) is 77.8 Å². The van der Waals surface area contributed by atoms with E-state index in [9.17, 15) is 21.2 Å². The van der Waals surface area contributed by atoms with Crippen LogP contribution in [0.25, 0.3) is 16.6 Å². The highest BCUT2D eigenvalue weighted by atomic mass is 32.2. The van der Waals surface area contributed by atoms with E-state index in [1.807, 2.05) is 6.07 Å². The third kappa shape index (κ3) is 5.53. The van der Waals surface area contributed by atoms with E-state index in [2.05, 4.69) is 9.82 Å². The predicted molar refractivity (Wildman–Crippen MR) is 138 cm³/mol. The van der Waals surface area contributed by atoms with Crippen LogP contribution in [0.2, 0.25) is 0 Å². The Morgan fingerprint density at radius 2 is 1.68 bits per heavy atom. The van der Waals surface area contributed by atoms with Crippen molar-refractivity contribution in [3.63, 3.8) is 0 Å².